The number of aryl methyl sites for hydroxylation is 1. The zero-order valence-corrected chi connectivity index (χ0v) is 11.7. The average molecular weight is 255 g/mol. The van der Waals surface area contributed by atoms with E-state index in [0.29, 0.717) is 0 Å². The van der Waals surface area contributed by atoms with Crippen LogP contribution in [0.1, 0.15) is 12.0 Å². The Morgan fingerprint density at radius 3 is 2.06 bits per heavy atom. The van der Waals surface area contributed by atoms with Crippen molar-refractivity contribution in [3.8, 4) is 0 Å². The van der Waals surface area contributed by atoms with E-state index in [1.54, 1.807) is 21.3 Å². The Balaban J connectivity index is 2.56. The molecule has 1 atom stereocenters. The Labute approximate surface area is 104 Å². The summed E-state index contributed by atoms with van der Waals surface area (Å²) in [6.07, 6.45) is 1.68. The van der Waals surface area contributed by atoms with Crippen LogP contribution in [0.3, 0.4) is 0 Å². The number of hydrogen-bond acceptors (Lipinski definition) is 4. The second-order valence-corrected chi connectivity index (χ2v) is 7.02. The molecule has 0 heterocycles. The van der Waals surface area contributed by atoms with Crippen LogP contribution in [0.5, 0.6) is 0 Å². The molecule has 1 rings (SSSR count). The standard InChI is InChI=1S/C12H21NO3Si/c1-14-17(15-2,16-3)12(13)10-9-11-7-5-4-6-8-11/h4-8,12H,9-10,13H2,1-3H3. The second kappa shape index (κ2) is 6.88. The molecule has 0 amide bonds. The minimum Gasteiger partial charge on any atom is -0.376 e. The zero-order chi connectivity index (χ0) is 12.7. The Hall–Kier alpha value is -0.723. The van der Waals surface area contributed by atoms with E-state index in [9.17, 15) is 0 Å². The fourth-order valence-corrected chi connectivity index (χ4v) is 3.75. The van der Waals surface area contributed by atoms with Gasteiger partial charge in [-0.25, -0.2) is 0 Å². The monoisotopic (exact) mass is 255 g/mol. The quantitative estimate of drug-likeness (QED) is 0.748. The van der Waals surface area contributed by atoms with Gasteiger partial charge in [-0.3, -0.25) is 0 Å². The van der Waals surface area contributed by atoms with Crippen LogP contribution in [-0.2, 0) is 19.7 Å². The molecule has 0 fully saturated rings. The van der Waals surface area contributed by atoms with Crippen LogP contribution in [0.15, 0.2) is 30.3 Å². The van der Waals surface area contributed by atoms with Gasteiger partial charge in [0.2, 0.25) is 0 Å². The minimum atomic E-state index is -2.70. The summed E-state index contributed by atoms with van der Waals surface area (Å²) in [5, 5.41) is 0. The van der Waals surface area contributed by atoms with E-state index in [1.165, 1.54) is 5.56 Å². The van der Waals surface area contributed by atoms with E-state index in [0.717, 1.165) is 12.8 Å². The lowest BCUT2D eigenvalue weighted by Gasteiger charge is -2.29. The highest BCUT2D eigenvalue weighted by atomic mass is 28.4. The summed E-state index contributed by atoms with van der Waals surface area (Å²) in [7, 11) is 2.06. The predicted octanol–water partition coefficient (Wildman–Crippen LogP) is 1.36. The first kappa shape index (κ1) is 14.3. The first-order valence-electron chi connectivity index (χ1n) is 5.63. The maximum absolute atomic E-state index is 6.12. The van der Waals surface area contributed by atoms with Crippen molar-refractivity contribution in [3.05, 3.63) is 35.9 Å². The Morgan fingerprint density at radius 1 is 1.06 bits per heavy atom. The van der Waals surface area contributed by atoms with Crippen molar-refractivity contribution >= 4 is 8.80 Å². The average Bonchev–Trinajstić information content (AvgIpc) is 2.40. The second-order valence-electron chi connectivity index (χ2n) is 3.85. The van der Waals surface area contributed by atoms with Crippen molar-refractivity contribution in [1.82, 2.24) is 0 Å². The molecule has 0 aliphatic heterocycles. The highest BCUT2D eigenvalue weighted by molar-refractivity contribution is 6.62. The van der Waals surface area contributed by atoms with Crippen molar-refractivity contribution in [2.24, 2.45) is 5.73 Å². The maximum Gasteiger partial charge on any atom is 0.517 e. The van der Waals surface area contributed by atoms with Gasteiger partial charge in [-0.15, -0.1) is 0 Å². The molecule has 0 bridgehead atoms. The van der Waals surface area contributed by atoms with Gasteiger partial charge in [0, 0.05) is 21.3 Å². The number of benzene rings is 1. The highest BCUT2D eigenvalue weighted by Gasteiger charge is 2.44. The molecule has 17 heavy (non-hydrogen) atoms. The third kappa shape index (κ3) is 3.62. The summed E-state index contributed by atoms with van der Waals surface area (Å²) in [5.74, 6) is 0. The fraction of sp³-hybridized carbons (Fsp3) is 0.500. The van der Waals surface area contributed by atoms with Crippen molar-refractivity contribution in [1.29, 1.82) is 0 Å². The zero-order valence-electron chi connectivity index (χ0n) is 10.7. The first-order chi connectivity index (χ1) is 8.18. The SMILES string of the molecule is CO[Si](OC)(OC)C(N)CCc1ccccc1. The van der Waals surface area contributed by atoms with Crippen LogP contribution < -0.4 is 5.73 Å². The molecule has 0 aliphatic carbocycles. The van der Waals surface area contributed by atoms with Crippen molar-refractivity contribution < 1.29 is 13.3 Å². The number of hydrogen-bond donors (Lipinski definition) is 1. The lowest BCUT2D eigenvalue weighted by molar-refractivity contribution is 0.111. The molecular formula is C12H21NO3Si. The number of nitrogens with two attached hydrogens (primary N) is 1. The smallest absolute Gasteiger partial charge is 0.376 e. The summed E-state index contributed by atoms with van der Waals surface area (Å²) in [6.45, 7) is 0. The summed E-state index contributed by atoms with van der Waals surface area (Å²) >= 11 is 0. The van der Waals surface area contributed by atoms with Crippen LogP contribution in [0.2, 0.25) is 0 Å². The van der Waals surface area contributed by atoms with E-state index in [4.69, 9.17) is 19.0 Å². The third-order valence-corrected chi connectivity index (χ3v) is 5.80. The molecule has 0 radical (unpaired) electrons. The molecule has 96 valence electrons. The van der Waals surface area contributed by atoms with Gasteiger partial charge in [-0.1, -0.05) is 30.3 Å². The van der Waals surface area contributed by atoms with Crippen molar-refractivity contribution in [2.75, 3.05) is 21.3 Å². The van der Waals surface area contributed by atoms with Crippen LogP contribution in [0.4, 0.5) is 0 Å². The summed E-state index contributed by atoms with van der Waals surface area (Å²) in [5.41, 5.74) is 7.17. The highest BCUT2D eigenvalue weighted by Crippen LogP contribution is 2.15. The summed E-state index contributed by atoms with van der Waals surface area (Å²) < 4.78 is 16.1. The van der Waals surface area contributed by atoms with E-state index in [1.807, 2.05) is 18.2 Å². The topological polar surface area (TPSA) is 53.7 Å². The van der Waals surface area contributed by atoms with E-state index < -0.39 is 8.80 Å². The van der Waals surface area contributed by atoms with Crippen molar-refractivity contribution in [2.45, 2.75) is 18.5 Å². The largest absolute Gasteiger partial charge is 0.517 e. The fourth-order valence-electron chi connectivity index (χ4n) is 1.85. The van der Waals surface area contributed by atoms with Gasteiger partial charge < -0.3 is 19.0 Å². The van der Waals surface area contributed by atoms with Gasteiger partial charge in [0.05, 0.1) is 5.67 Å². The van der Waals surface area contributed by atoms with Gasteiger partial charge in [0.15, 0.2) is 0 Å². The lowest BCUT2D eigenvalue weighted by Crippen LogP contribution is -2.58. The van der Waals surface area contributed by atoms with Crippen LogP contribution in [0, 0.1) is 0 Å². The summed E-state index contributed by atoms with van der Waals surface area (Å²) in [6, 6.07) is 10.2. The number of rotatable bonds is 7. The Bertz CT molecular complexity index is 309. The molecule has 5 heteroatoms. The molecule has 1 unspecified atom stereocenters. The van der Waals surface area contributed by atoms with Gasteiger partial charge in [-0.05, 0) is 18.4 Å². The molecular weight excluding hydrogens is 234 g/mol. The lowest BCUT2D eigenvalue weighted by atomic mass is 10.1. The van der Waals surface area contributed by atoms with Gasteiger partial charge >= 0.3 is 8.80 Å². The van der Waals surface area contributed by atoms with E-state index in [2.05, 4.69) is 12.1 Å². The minimum absolute atomic E-state index is 0.206. The van der Waals surface area contributed by atoms with Crippen LogP contribution in [0.25, 0.3) is 0 Å². The Kier molecular flexibility index (Phi) is 5.80. The molecule has 1 aromatic rings. The molecule has 0 saturated carbocycles. The third-order valence-electron chi connectivity index (χ3n) is 2.89. The predicted molar refractivity (Wildman–Crippen MR) is 69.5 cm³/mol. The normalized spacial score (nSPS) is 13.6. The molecule has 0 aliphatic rings. The van der Waals surface area contributed by atoms with E-state index >= 15 is 0 Å². The molecule has 0 spiro atoms. The van der Waals surface area contributed by atoms with Crippen molar-refractivity contribution in [3.63, 3.8) is 0 Å². The molecule has 4 nitrogen and oxygen atoms in total. The molecule has 2 N–H and O–H groups in total. The maximum atomic E-state index is 6.12. The van der Waals surface area contributed by atoms with Gasteiger partial charge in [0.1, 0.15) is 0 Å². The first-order valence-corrected chi connectivity index (χ1v) is 7.43. The van der Waals surface area contributed by atoms with Gasteiger partial charge in [-0.2, -0.15) is 0 Å². The Morgan fingerprint density at radius 2 is 1.59 bits per heavy atom. The van der Waals surface area contributed by atoms with Gasteiger partial charge in [0.25, 0.3) is 0 Å². The summed E-state index contributed by atoms with van der Waals surface area (Å²) in [4.78, 5) is 0. The van der Waals surface area contributed by atoms with Crippen LogP contribution >= 0.6 is 0 Å². The van der Waals surface area contributed by atoms with E-state index in [-0.39, 0.29) is 5.67 Å². The molecule has 1 aromatic carbocycles. The molecule has 0 saturated heterocycles. The van der Waals surface area contributed by atoms with Crippen LogP contribution in [-0.4, -0.2) is 35.8 Å². The molecule has 0 aromatic heterocycles.